The molecule has 1 aromatic heterocycles. The molecule has 27 heavy (non-hydrogen) atoms. The Morgan fingerprint density at radius 1 is 1.33 bits per heavy atom. The zero-order chi connectivity index (χ0) is 19.2. The number of hydrogen-bond donors (Lipinski definition) is 2. The minimum Gasteiger partial charge on any atom is -0.487 e. The highest BCUT2D eigenvalue weighted by Gasteiger charge is 2.17. The molecule has 0 fully saturated rings. The molecule has 0 saturated carbocycles. The van der Waals surface area contributed by atoms with Crippen molar-refractivity contribution in [3.05, 3.63) is 70.3 Å². The third kappa shape index (κ3) is 4.38. The van der Waals surface area contributed by atoms with Crippen LogP contribution in [-0.4, -0.2) is 21.4 Å². The molecule has 0 unspecified atom stereocenters. The summed E-state index contributed by atoms with van der Waals surface area (Å²) in [6.45, 7) is -0.0570. The number of aliphatic imine (C=N–C) groups is 1. The summed E-state index contributed by atoms with van der Waals surface area (Å²) < 4.78 is 23.5. The fourth-order valence-electron chi connectivity index (χ4n) is 2.10. The maximum atomic E-state index is 13.3. The van der Waals surface area contributed by atoms with Gasteiger partial charge in [0.15, 0.2) is 17.2 Å². The summed E-state index contributed by atoms with van der Waals surface area (Å²) in [5, 5.41) is 25.6. The van der Waals surface area contributed by atoms with Crippen molar-refractivity contribution in [3.63, 3.8) is 0 Å². The first-order valence-corrected chi connectivity index (χ1v) is 7.87. The van der Waals surface area contributed by atoms with Crippen LogP contribution in [0.1, 0.15) is 17.0 Å². The summed E-state index contributed by atoms with van der Waals surface area (Å²) in [7, 11) is 0. The number of nitrogens with zero attached hydrogens (tertiary/aromatic N) is 4. The molecule has 0 saturated heterocycles. The molecule has 0 aliphatic carbocycles. The van der Waals surface area contributed by atoms with Crippen LogP contribution in [0.15, 0.2) is 52.1 Å². The zero-order valence-electron chi connectivity index (χ0n) is 13.6. The van der Waals surface area contributed by atoms with Crippen molar-refractivity contribution >= 4 is 23.1 Å². The SMILES string of the molecule is N#Cc1cccc(OCc2nonc2C(=Nc2ccc(F)c(Cl)c2)NO)c1. The average molecular weight is 388 g/mol. The number of hydroxylamine groups is 1. The molecule has 10 heteroatoms. The lowest BCUT2D eigenvalue weighted by Crippen LogP contribution is -2.22. The van der Waals surface area contributed by atoms with E-state index in [1.54, 1.807) is 24.3 Å². The second kappa shape index (κ2) is 8.27. The largest absolute Gasteiger partial charge is 0.487 e. The van der Waals surface area contributed by atoms with Gasteiger partial charge in [-0.2, -0.15) is 5.26 Å². The van der Waals surface area contributed by atoms with E-state index in [0.29, 0.717) is 11.3 Å². The van der Waals surface area contributed by atoms with Crippen molar-refractivity contribution in [2.75, 3.05) is 0 Å². The Morgan fingerprint density at radius 3 is 2.93 bits per heavy atom. The van der Waals surface area contributed by atoms with Crippen LogP contribution in [-0.2, 0) is 6.61 Å². The van der Waals surface area contributed by atoms with E-state index in [2.05, 4.69) is 15.3 Å². The number of amidine groups is 1. The average Bonchev–Trinajstić information content (AvgIpc) is 3.15. The molecule has 8 nitrogen and oxygen atoms in total. The van der Waals surface area contributed by atoms with Crippen LogP contribution < -0.4 is 10.2 Å². The summed E-state index contributed by atoms with van der Waals surface area (Å²) in [6, 6.07) is 12.4. The van der Waals surface area contributed by atoms with Crippen LogP contribution in [0.4, 0.5) is 10.1 Å². The molecule has 0 bridgehead atoms. The molecule has 0 amide bonds. The fourth-order valence-corrected chi connectivity index (χ4v) is 2.28. The van der Waals surface area contributed by atoms with Gasteiger partial charge in [0, 0.05) is 0 Å². The van der Waals surface area contributed by atoms with Gasteiger partial charge in [-0.15, -0.1) is 0 Å². The standard InChI is InChI=1S/C17H11ClFN5O3/c18-13-7-11(4-5-14(13)19)21-17(22-25)16-15(23-27-24-16)9-26-12-3-1-2-10(6-12)8-20/h1-7,25H,9H2,(H,21,22). The first-order valence-electron chi connectivity index (χ1n) is 7.49. The van der Waals surface area contributed by atoms with E-state index < -0.39 is 5.82 Å². The van der Waals surface area contributed by atoms with Gasteiger partial charge in [0.1, 0.15) is 18.2 Å². The molecule has 0 spiro atoms. The number of nitrogens with one attached hydrogen (secondary N) is 1. The van der Waals surface area contributed by atoms with E-state index in [-0.39, 0.29) is 34.5 Å². The molecular formula is C17H11ClFN5O3. The smallest absolute Gasteiger partial charge is 0.182 e. The van der Waals surface area contributed by atoms with Crippen LogP contribution in [0.25, 0.3) is 0 Å². The van der Waals surface area contributed by atoms with Crippen LogP contribution in [0.3, 0.4) is 0 Å². The van der Waals surface area contributed by atoms with E-state index in [0.717, 1.165) is 6.07 Å². The van der Waals surface area contributed by atoms with Crippen molar-refractivity contribution in [3.8, 4) is 11.8 Å². The number of hydrogen-bond acceptors (Lipinski definition) is 7. The monoisotopic (exact) mass is 387 g/mol. The van der Waals surface area contributed by atoms with Gasteiger partial charge in [-0.3, -0.25) is 10.7 Å². The van der Waals surface area contributed by atoms with Gasteiger partial charge in [-0.05, 0) is 41.6 Å². The van der Waals surface area contributed by atoms with Gasteiger partial charge in [-0.25, -0.2) is 14.0 Å². The molecule has 2 aromatic carbocycles. The molecule has 0 atom stereocenters. The number of aromatic nitrogens is 2. The lowest BCUT2D eigenvalue weighted by atomic mass is 10.2. The number of nitriles is 1. The summed E-state index contributed by atoms with van der Waals surface area (Å²) >= 11 is 5.72. The van der Waals surface area contributed by atoms with E-state index in [4.69, 9.17) is 26.2 Å². The van der Waals surface area contributed by atoms with E-state index >= 15 is 0 Å². The molecule has 0 radical (unpaired) electrons. The second-order valence-electron chi connectivity index (χ2n) is 5.16. The predicted octanol–water partition coefficient (Wildman–Crippen LogP) is 3.37. The predicted molar refractivity (Wildman–Crippen MR) is 92.3 cm³/mol. The maximum Gasteiger partial charge on any atom is 0.182 e. The molecule has 1 heterocycles. The topological polar surface area (TPSA) is 117 Å². The molecule has 3 rings (SSSR count). The second-order valence-corrected chi connectivity index (χ2v) is 5.57. The van der Waals surface area contributed by atoms with Crippen molar-refractivity contribution in [2.24, 2.45) is 4.99 Å². The summed E-state index contributed by atoms with van der Waals surface area (Å²) in [5.41, 5.74) is 2.95. The van der Waals surface area contributed by atoms with E-state index in [9.17, 15) is 9.60 Å². The lowest BCUT2D eigenvalue weighted by molar-refractivity contribution is 0.233. The molecule has 136 valence electrons. The van der Waals surface area contributed by atoms with Gasteiger partial charge in [0.2, 0.25) is 0 Å². The van der Waals surface area contributed by atoms with Gasteiger partial charge in [0.25, 0.3) is 0 Å². The van der Waals surface area contributed by atoms with Crippen molar-refractivity contribution in [1.82, 2.24) is 15.8 Å². The zero-order valence-corrected chi connectivity index (χ0v) is 14.3. The van der Waals surface area contributed by atoms with Gasteiger partial charge >= 0.3 is 0 Å². The van der Waals surface area contributed by atoms with Crippen LogP contribution in [0, 0.1) is 17.1 Å². The summed E-state index contributed by atoms with van der Waals surface area (Å²) in [6.07, 6.45) is 0. The molecular weight excluding hydrogens is 377 g/mol. The first kappa shape index (κ1) is 18.3. The highest BCUT2D eigenvalue weighted by Crippen LogP contribution is 2.22. The third-order valence-corrected chi connectivity index (χ3v) is 3.66. The van der Waals surface area contributed by atoms with Crippen molar-refractivity contribution in [2.45, 2.75) is 6.61 Å². The van der Waals surface area contributed by atoms with Gasteiger partial charge in [0.05, 0.1) is 22.3 Å². The normalized spacial score (nSPS) is 11.1. The number of benzene rings is 2. The highest BCUT2D eigenvalue weighted by atomic mass is 35.5. The Hall–Kier alpha value is -3.48. The number of ether oxygens (including phenoxy) is 1. The van der Waals surface area contributed by atoms with Crippen LogP contribution in [0.2, 0.25) is 5.02 Å². The summed E-state index contributed by atoms with van der Waals surface area (Å²) in [5.74, 6) is -0.238. The van der Waals surface area contributed by atoms with E-state index in [1.165, 1.54) is 12.1 Å². The van der Waals surface area contributed by atoms with Crippen LogP contribution >= 0.6 is 11.6 Å². The van der Waals surface area contributed by atoms with Gasteiger partial charge in [-0.1, -0.05) is 22.8 Å². The third-order valence-electron chi connectivity index (χ3n) is 3.37. The van der Waals surface area contributed by atoms with Crippen molar-refractivity contribution in [1.29, 1.82) is 5.26 Å². The highest BCUT2D eigenvalue weighted by molar-refractivity contribution is 6.31. The number of halogens is 2. The Morgan fingerprint density at radius 2 is 2.19 bits per heavy atom. The molecule has 2 N–H and O–H groups in total. The Balaban J connectivity index is 1.82. The Kier molecular flexibility index (Phi) is 5.61. The first-order chi connectivity index (χ1) is 13.1. The summed E-state index contributed by atoms with van der Waals surface area (Å²) in [4.78, 5) is 4.11. The van der Waals surface area contributed by atoms with E-state index in [1.807, 2.05) is 11.5 Å². The minimum atomic E-state index is -0.592. The minimum absolute atomic E-state index is 0.0570. The van der Waals surface area contributed by atoms with Crippen LogP contribution in [0.5, 0.6) is 5.75 Å². The molecule has 0 aliphatic rings. The lowest BCUT2D eigenvalue weighted by Gasteiger charge is -2.06. The quantitative estimate of drug-likeness (QED) is 0.391. The fraction of sp³-hybridized carbons (Fsp3) is 0.0588. The maximum absolute atomic E-state index is 13.3. The van der Waals surface area contributed by atoms with Gasteiger partial charge < -0.3 is 4.74 Å². The van der Waals surface area contributed by atoms with Crippen molar-refractivity contribution < 1.29 is 19.0 Å². The molecule has 0 aliphatic heterocycles. The number of rotatable bonds is 5. The Labute approximate surface area is 157 Å². The Bertz CT molecular complexity index is 1030. The molecule has 3 aromatic rings.